The van der Waals surface area contributed by atoms with Gasteiger partial charge < -0.3 is 20.9 Å². The molecule has 3 heterocycles. The predicted molar refractivity (Wildman–Crippen MR) is 165 cm³/mol. The summed E-state index contributed by atoms with van der Waals surface area (Å²) < 4.78 is 0. The Bertz CT molecular complexity index is 1470. The summed E-state index contributed by atoms with van der Waals surface area (Å²) in [6.07, 6.45) is 5.40. The fraction of sp³-hybridized carbons (Fsp3) is 0.412. The third-order valence-corrected chi connectivity index (χ3v) is 8.85. The quantitative estimate of drug-likeness (QED) is 0.382. The van der Waals surface area contributed by atoms with Crippen LogP contribution in [-0.4, -0.2) is 46.2 Å². The minimum absolute atomic E-state index is 0.0301. The number of pyridine rings is 1. The van der Waals surface area contributed by atoms with E-state index in [1.54, 1.807) is 11.1 Å². The molecule has 1 aliphatic carbocycles. The summed E-state index contributed by atoms with van der Waals surface area (Å²) in [4.78, 5) is 46.2. The van der Waals surface area contributed by atoms with E-state index in [1.807, 2.05) is 74.5 Å². The molecule has 2 aliphatic heterocycles. The number of rotatable bonds is 6. The molecule has 2 atom stereocenters. The predicted octanol–water partition coefficient (Wildman–Crippen LogP) is 5.16. The van der Waals surface area contributed by atoms with Crippen LogP contribution in [0.4, 0.5) is 11.5 Å². The van der Waals surface area contributed by atoms with E-state index in [9.17, 15) is 14.4 Å². The molecular formula is C34H41N5O3. The van der Waals surface area contributed by atoms with Gasteiger partial charge in [-0.25, -0.2) is 4.98 Å². The van der Waals surface area contributed by atoms with Crippen LogP contribution in [0, 0.1) is 0 Å². The molecule has 0 bridgehead atoms. The summed E-state index contributed by atoms with van der Waals surface area (Å²) in [6, 6.07) is 19.3. The maximum absolute atomic E-state index is 13.8. The van der Waals surface area contributed by atoms with Crippen molar-refractivity contribution in [3.8, 4) is 0 Å². The topological polar surface area (TPSA) is 103 Å². The first-order valence-electron chi connectivity index (χ1n) is 15.1. The molecule has 0 saturated carbocycles. The van der Waals surface area contributed by atoms with E-state index in [4.69, 9.17) is 0 Å². The average Bonchev–Trinajstić information content (AvgIpc) is 3.51. The Hall–Kier alpha value is -4.04. The van der Waals surface area contributed by atoms with Crippen LogP contribution in [0.5, 0.6) is 0 Å². The van der Waals surface area contributed by atoms with Gasteiger partial charge in [0.25, 0.3) is 0 Å². The van der Waals surface area contributed by atoms with Crippen LogP contribution < -0.4 is 16.0 Å². The molecule has 3 N–H and O–H groups in total. The Morgan fingerprint density at radius 2 is 1.69 bits per heavy atom. The van der Waals surface area contributed by atoms with E-state index < -0.39 is 11.0 Å². The van der Waals surface area contributed by atoms with E-state index in [2.05, 4.69) is 34.8 Å². The molecule has 8 heteroatoms. The van der Waals surface area contributed by atoms with Crippen LogP contribution >= 0.6 is 0 Å². The Balaban J connectivity index is 0.00000113. The van der Waals surface area contributed by atoms with Gasteiger partial charge in [-0.1, -0.05) is 76.6 Å². The molecule has 1 saturated heterocycles. The maximum atomic E-state index is 13.8. The largest absolute Gasteiger partial charge is 0.325 e. The van der Waals surface area contributed by atoms with Gasteiger partial charge >= 0.3 is 0 Å². The Labute approximate surface area is 248 Å². The third-order valence-electron chi connectivity index (χ3n) is 8.85. The van der Waals surface area contributed by atoms with Gasteiger partial charge in [0.1, 0.15) is 12.4 Å². The number of fused-ring (bicyclic) bond motifs is 3. The van der Waals surface area contributed by atoms with Crippen molar-refractivity contribution in [1.82, 2.24) is 15.2 Å². The van der Waals surface area contributed by atoms with Crippen LogP contribution in [-0.2, 0) is 32.6 Å². The molecule has 8 nitrogen and oxygen atoms in total. The van der Waals surface area contributed by atoms with Gasteiger partial charge in [0.05, 0.1) is 17.0 Å². The highest BCUT2D eigenvalue weighted by Crippen LogP contribution is 2.47. The number of carbonyl (C=O) groups is 3. The minimum atomic E-state index is -0.666. The van der Waals surface area contributed by atoms with Crippen molar-refractivity contribution in [2.75, 3.05) is 23.7 Å². The van der Waals surface area contributed by atoms with Crippen molar-refractivity contribution < 1.29 is 14.4 Å². The first-order valence-corrected chi connectivity index (χ1v) is 15.1. The number of nitrogens with one attached hydrogen (secondary N) is 3. The highest BCUT2D eigenvalue weighted by Gasteiger charge is 2.51. The second-order valence-electron chi connectivity index (χ2n) is 11.6. The highest BCUT2D eigenvalue weighted by atomic mass is 16.2. The van der Waals surface area contributed by atoms with Crippen molar-refractivity contribution >= 4 is 29.2 Å². The zero-order valence-electron chi connectivity index (χ0n) is 25.0. The van der Waals surface area contributed by atoms with Crippen molar-refractivity contribution in [2.45, 2.75) is 76.8 Å². The molecule has 3 aromatic rings. The lowest BCUT2D eigenvalue weighted by Crippen LogP contribution is -2.65. The Kier molecular flexibility index (Phi) is 8.45. The van der Waals surface area contributed by atoms with E-state index in [0.29, 0.717) is 43.7 Å². The number of anilines is 2. The Morgan fingerprint density at radius 1 is 0.976 bits per heavy atom. The first kappa shape index (κ1) is 29.5. The van der Waals surface area contributed by atoms with Gasteiger partial charge in [-0.2, -0.15) is 0 Å². The second kappa shape index (κ2) is 12.1. The molecule has 3 amide bonds. The molecule has 2 unspecified atom stereocenters. The zero-order chi connectivity index (χ0) is 29.9. The number of nitrogens with zero attached hydrogens (tertiary/aromatic N) is 2. The minimum Gasteiger partial charge on any atom is -0.325 e. The molecule has 1 spiro atoms. The lowest BCUT2D eigenvalue weighted by Gasteiger charge is -2.46. The smallest absolute Gasteiger partial charge is 0.244 e. The molecule has 2 aromatic carbocycles. The van der Waals surface area contributed by atoms with E-state index in [-0.39, 0.29) is 30.3 Å². The third kappa shape index (κ3) is 5.20. The standard InChI is InChI=1S/C31H33N5O3.C3H8/c1-3-31(4-2)29(39)36(25(18-33-31)20-9-6-5-7-10-20)19-26(37)34-23-13-12-21-16-30(17-22(21)15-23)24-11-8-14-32-27(24)35-28(30)38;1-3-2/h5-15,25,33H,3-4,16-19H2,1-2H3,(H,34,37)(H,32,35,38);3H2,1-2H3. The monoisotopic (exact) mass is 567 g/mol. The van der Waals surface area contributed by atoms with E-state index in [1.165, 1.54) is 6.42 Å². The van der Waals surface area contributed by atoms with Gasteiger partial charge in [-0.15, -0.1) is 0 Å². The summed E-state index contributed by atoms with van der Waals surface area (Å²) in [7, 11) is 0. The molecule has 1 aromatic heterocycles. The lowest BCUT2D eigenvalue weighted by atomic mass is 9.79. The summed E-state index contributed by atoms with van der Waals surface area (Å²) >= 11 is 0. The van der Waals surface area contributed by atoms with E-state index in [0.717, 1.165) is 22.3 Å². The molecule has 6 rings (SSSR count). The maximum Gasteiger partial charge on any atom is 0.244 e. The van der Waals surface area contributed by atoms with Crippen molar-refractivity contribution in [2.24, 2.45) is 0 Å². The number of hydrogen-bond donors (Lipinski definition) is 3. The lowest BCUT2D eigenvalue weighted by molar-refractivity contribution is -0.148. The normalized spacial score (nSPS) is 21.7. The average molecular weight is 568 g/mol. The number of amides is 3. The molecule has 0 radical (unpaired) electrons. The van der Waals surface area contributed by atoms with Gasteiger partial charge in [0.15, 0.2) is 0 Å². The van der Waals surface area contributed by atoms with Gasteiger partial charge in [0, 0.05) is 24.0 Å². The van der Waals surface area contributed by atoms with Crippen LogP contribution in [0.2, 0.25) is 0 Å². The molecule has 3 aliphatic rings. The zero-order valence-corrected chi connectivity index (χ0v) is 25.0. The second-order valence-corrected chi connectivity index (χ2v) is 11.6. The van der Waals surface area contributed by atoms with Crippen LogP contribution in [0.3, 0.4) is 0 Å². The fourth-order valence-electron chi connectivity index (χ4n) is 6.55. The molecule has 1 fully saturated rings. The molecular weight excluding hydrogens is 526 g/mol. The van der Waals surface area contributed by atoms with Crippen molar-refractivity contribution in [3.63, 3.8) is 0 Å². The number of hydrogen-bond acceptors (Lipinski definition) is 5. The fourth-order valence-corrected chi connectivity index (χ4v) is 6.55. The highest BCUT2D eigenvalue weighted by molar-refractivity contribution is 6.06. The summed E-state index contributed by atoms with van der Waals surface area (Å²) in [5, 5.41) is 9.44. The summed E-state index contributed by atoms with van der Waals surface area (Å²) in [6.45, 7) is 8.81. The van der Waals surface area contributed by atoms with Crippen molar-refractivity contribution in [1.29, 1.82) is 0 Å². The SMILES string of the molecule is CCC.CCC1(CC)NCC(c2ccccc2)N(CC(=O)Nc2ccc3c(c2)CC2(C3)C(=O)Nc3ncccc32)C1=O. The van der Waals surface area contributed by atoms with Gasteiger partial charge in [0.2, 0.25) is 17.7 Å². The van der Waals surface area contributed by atoms with Crippen LogP contribution in [0.15, 0.2) is 66.9 Å². The number of piperazine rings is 1. The number of benzene rings is 2. The summed E-state index contributed by atoms with van der Waals surface area (Å²) in [5.41, 5.74) is 3.40. The van der Waals surface area contributed by atoms with Gasteiger partial charge in [-0.05, 0) is 60.6 Å². The Morgan fingerprint density at radius 3 is 2.40 bits per heavy atom. The first-order chi connectivity index (χ1) is 20.3. The molecule has 42 heavy (non-hydrogen) atoms. The van der Waals surface area contributed by atoms with Crippen molar-refractivity contribution in [3.05, 3.63) is 89.1 Å². The van der Waals surface area contributed by atoms with Crippen LogP contribution in [0.25, 0.3) is 0 Å². The number of carbonyl (C=O) groups excluding carboxylic acids is 3. The summed E-state index contributed by atoms with van der Waals surface area (Å²) in [5.74, 6) is 0.316. The van der Waals surface area contributed by atoms with Crippen LogP contribution in [0.1, 0.15) is 75.3 Å². The van der Waals surface area contributed by atoms with E-state index >= 15 is 0 Å². The number of aromatic nitrogens is 1. The molecule has 220 valence electrons. The van der Waals surface area contributed by atoms with Gasteiger partial charge in [-0.3, -0.25) is 14.4 Å².